The molecule has 0 spiro atoms. The second-order valence-corrected chi connectivity index (χ2v) is 17.3. The average molecular weight is 369 g/mol. The molecule has 3 aliphatic carbocycles. The minimum absolute atomic E-state index is 0. The third kappa shape index (κ3) is 3.92. The fraction of sp³-hybridized carbons (Fsp3) is 1.00. The smallest absolute Gasteiger partial charge is 1.00 e. The van der Waals surface area contributed by atoms with Gasteiger partial charge in [0.15, 0.2) is 0 Å². The zero-order valence-electron chi connectivity index (χ0n) is 13.8. The van der Waals surface area contributed by atoms with Crippen molar-refractivity contribution in [3.8, 4) is 0 Å². The maximum absolute atomic E-state index is 1.67. The molecule has 0 unspecified atom stereocenters. The maximum Gasteiger partial charge on any atom is -1.00 e. The number of rotatable bonds is 3. The Morgan fingerprint density at radius 3 is 0.947 bits per heavy atom. The quantitative estimate of drug-likeness (QED) is 0.492. The first-order valence-corrected chi connectivity index (χ1v) is 14.3. The van der Waals surface area contributed by atoms with Crippen molar-refractivity contribution in [1.82, 2.24) is 0 Å². The summed E-state index contributed by atoms with van der Waals surface area (Å²) in [6.45, 7) is 0. The molecule has 0 N–H and O–H groups in total. The van der Waals surface area contributed by atoms with Gasteiger partial charge in [-0.05, 0) is 0 Å². The molecule has 19 heavy (non-hydrogen) atoms. The van der Waals surface area contributed by atoms with Crippen LogP contribution in [0.2, 0.25) is 11.8 Å². The van der Waals surface area contributed by atoms with Crippen molar-refractivity contribution in [2.24, 2.45) is 0 Å². The van der Waals surface area contributed by atoms with E-state index in [1.165, 1.54) is 11.8 Å². The standard InChI is InChI=1S/3C6H11.Sn.H/c3*1-2-4-6-5-3-1;;/h3*1H,2-6H2;;/q;;;;-1. The van der Waals surface area contributed by atoms with E-state index in [1.54, 1.807) is 96.3 Å². The Morgan fingerprint density at radius 1 is 0.421 bits per heavy atom. The first-order valence-electron chi connectivity index (χ1n) is 9.32. The summed E-state index contributed by atoms with van der Waals surface area (Å²) in [5, 5.41) is 0. The molecule has 0 heterocycles. The normalized spacial score (nSPS) is 28.9. The molecule has 0 aromatic carbocycles. The van der Waals surface area contributed by atoms with Gasteiger partial charge in [0.2, 0.25) is 0 Å². The Hall–Kier alpha value is 0.799. The van der Waals surface area contributed by atoms with Crippen molar-refractivity contribution in [2.75, 3.05) is 0 Å². The molecule has 0 saturated heterocycles. The second kappa shape index (κ2) is 7.71. The molecule has 3 fully saturated rings. The van der Waals surface area contributed by atoms with Crippen LogP contribution in [0.1, 0.15) is 97.7 Å². The molecule has 0 amide bonds. The predicted octanol–water partition coefficient (Wildman–Crippen LogP) is 6.60. The van der Waals surface area contributed by atoms with Gasteiger partial charge in [0.1, 0.15) is 0 Å². The minimum atomic E-state index is -1.15. The Morgan fingerprint density at radius 2 is 0.684 bits per heavy atom. The fourth-order valence-corrected chi connectivity index (χ4v) is 20.2. The molecule has 3 saturated carbocycles. The van der Waals surface area contributed by atoms with E-state index < -0.39 is 19.8 Å². The summed E-state index contributed by atoms with van der Waals surface area (Å²) in [6, 6.07) is 0. The summed E-state index contributed by atoms with van der Waals surface area (Å²) in [5.41, 5.74) is 0. The third-order valence-electron chi connectivity index (χ3n) is 6.23. The monoisotopic (exact) mass is 370 g/mol. The topological polar surface area (TPSA) is 0 Å². The van der Waals surface area contributed by atoms with Crippen LogP contribution in [0.5, 0.6) is 0 Å². The van der Waals surface area contributed by atoms with Crippen LogP contribution in [-0.4, -0.2) is 19.8 Å². The first kappa shape index (κ1) is 14.7. The predicted molar refractivity (Wildman–Crippen MR) is 87.4 cm³/mol. The van der Waals surface area contributed by atoms with E-state index in [9.17, 15) is 0 Å². The van der Waals surface area contributed by atoms with Gasteiger partial charge in [0.25, 0.3) is 0 Å². The molecule has 0 atom stereocenters. The summed E-state index contributed by atoms with van der Waals surface area (Å²) < 4.78 is 3.96. The van der Waals surface area contributed by atoms with E-state index in [1.807, 2.05) is 0 Å². The van der Waals surface area contributed by atoms with Gasteiger partial charge >= 0.3 is 128 Å². The molecule has 3 aliphatic rings. The molecule has 0 aromatic rings. The molecule has 1 heteroatoms. The molecule has 3 rings (SSSR count). The summed E-state index contributed by atoms with van der Waals surface area (Å²) in [5.74, 6) is 0. The zero-order chi connectivity index (χ0) is 12.9. The first-order chi connectivity index (χ1) is 9.45. The van der Waals surface area contributed by atoms with E-state index >= 15 is 0 Å². The van der Waals surface area contributed by atoms with Crippen molar-refractivity contribution in [3.63, 3.8) is 0 Å². The molecule has 111 valence electrons. The maximum atomic E-state index is 1.67. The van der Waals surface area contributed by atoms with E-state index in [4.69, 9.17) is 0 Å². The minimum Gasteiger partial charge on any atom is -1.00 e. The molecular weight excluding hydrogens is 335 g/mol. The number of hydrogen-bond acceptors (Lipinski definition) is 0. The summed E-state index contributed by atoms with van der Waals surface area (Å²) in [7, 11) is 0. The molecule has 1 radical (unpaired) electrons. The van der Waals surface area contributed by atoms with Gasteiger partial charge in [-0.1, -0.05) is 0 Å². The second-order valence-electron chi connectivity index (χ2n) is 7.50. The van der Waals surface area contributed by atoms with Gasteiger partial charge in [0.05, 0.1) is 0 Å². The SMILES string of the molecule is C1CC[CH]([Sn]([CH]2CCCCC2)[CH]2CCCCC2)CC1.[H-]. The third-order valence-corrected chi connectivity index (χ3v) is 19.2. The van der Waals surface area contributed by atoms with Crippen LogP contribution in [0.25, 0.3) is 0 Å². The van der Waals surface area contributed by atoms with Gasteiger partial charge in [-0.3, -0.25) is 0 Å². The summed E-state index contributed by atoms with van der Waals surface area (Å²) in [6.07, 6.45) is 24.2. The Kier molecular flexibility index (Phi) is 5.97. The van der Waals surface area contributed by atoms with E-state index in [-0.39, 0.29) is 1.43 Å². The van der Waals surface area contributed by atoms with Crippen LogP contribution in [0.3, 0.4) is 0 Å². The summed E-state index contributed by atoms with van der Waals surface area (Å²) in [4.78, 5) is 0. The van der Waals surface area contributed by atoms with Crippen LogP contribution in [0.4, 0.5) is 0 Å². The Labute approximate surface area is 129 Å². The molecule has 0 nitrogen and oxygen atoms in total. The van der Waals surface area contributed by atoms with Crippen LogP contribution < -0.4 is 0 Å². The van der Waals surface area contributed by atoms with Gasteiger partial charge in [-0.25, -0.2) is 0 Å². The molecular formula is C18H34Sn-. The number of hydrogen-bond donors (Lipinski definition) is 0. The van der Waals surface area contributed by atoms with E-state index in [2.05, 4.69) is 0 Å². The Balaban J connectivity index is 0.00000147. The van der Waals surface area contributed by atoms with Crippen LogP contribution >= 0.6 is 0 Å². The van der Waals surface area contributed by atoms with Gasteiger partial charge in [-0.2, -0.15) is 0 Å². The van der Waals surface area contributed by atoms with Crippen LogP contribution in [-0.2, 0) is 0 Å². The van der Waals surface area contributed by atoms with Crippen molar-refractivity contribution >= 4 is 19.8 Å². The van der Waals surface area contributed by atoms with Gasteiger partial charge in [-0.15, -0.1) is 0 Å². The summed E-state index contributed by atoms with van der Waals surface area (Å²) >= 11 is -1.15. The molecule has 0 bridgehead atoms. The van der Waals surface area contributed by atoms with Crippen molar-refractivity contribution in [3.05, 3.63) is 0 Å². The molecule has 0 aliphatic heterocycles. The zero-order valence-corrected chi connectivity index (χ0v) is 15.7. The molecule has 0 aromatic heterocycles. The van der Waals surface area contributed by atoms with Gasteiger partial charge in [0, 0.05) is 0 Å². The van der Waals surface area contributed by atoms with E-state index in [0.717, 1.165) is 0 Å². The van der Waals surface area contributed by atoms with Crippen molar-refractivity contribution in [2.45, 2.75) is 108 Å². The van der Waals surface area contributed by atoms with Crippen molar-refractivity contribution in [1.29, 1.82) is 0 Å². The largest absolute Gasteiger partial charge is 1.00 e. The van der Waals surface area contributed by atoms with Crippen LogP contribution in [0, 0.1) is 0 Å². The van der Waals surface area contributed by atoms with Crippen molar-refractivity contribution < 1.29 is 1.43 Å². The van der Waals surface area contributed by atoms with Crippen LogP contribution in [0.15, 0.2) is 0 Å². The van der Waals surface area contributed by atoms with E-state index in [0.29, 0.717) is 0 Å². The average Bonchev–Trinajstić information content (AvgIpc) is 2.51. The Bertz CT molecular complexity index is 207. The van der Waals surface area contributed by atoms with Gasteiger partial charge < -0.3 is 1.43 Å². The fourth-order valence-electron chi connectivity index (χ4n) is 5.31.